The largest absolute Gasteiger partial charge is 0.357 e. The van der Waals surface area contributed by atoms with Crippen LogP contribution in [-0.2, 0) is 0 Å². The Balaban J connectivity index is 1.91. The summed E-state index contributed by atoms with van der Waals surface area (Å²) in [5.41, 5.74) is 0. The Bertz CT molecular complexity index is 321. The highest BCUT2D eigenvalue weighted by Gasteiger charge is 2.13. The molecule has 1 aliphatic rings. The van der Waals surface area contributed by atoms with Crippen LogP contribution in [0.5, 0.6) is 0 Å². The third kappa shape index (κ3) is 3.18. The predicted molar refractivity (Wildman–Crippen MR) is 68.1 cm³/mol. The van der Waals surface area contributed by atoms with E-state index in [4.69, 9.17) is 12.2 Å². The molecule has 1 aliphatic heterocycles. The third-order valence-electron chi connectivity index (χ3n) is 2.47. The Morgan fingerprint density at radius 1 is 1.20 bits per heavy atom. The van der Waals surface area contributed by atoms with Crippen molar-refractivity contribution in [3.8, 4) is 0 Å². The summed E-state index contributed by atoms with van der Waals surface area (Å²) < 4.78 is 1.00. The summed E-state index contributed by atoms with van der Waals surface area (Å²) >= 11 is 7.09. The van der Waals surface area contributed by atoms with Crippen molar-refractivity contribution in [1.29, 1.82) is 0 Å². The molecule has 0 atom stereocenters. The minimum absolute atomic E-state index is 1.00. The maximum absolute atomic E-state index is 5.42. The molecule has 4 heteroatoms. The van der Waals surface area contributed by atoms with Crippen molar-refractivity contribution in [2.24, 2.45) is 0 Å². The van der Waals surface area contributed by atoms with E-state index in [0.29, 0.717) is 0 Å². The van der Waals surface area contributed by atoms with Crippen molar-refractivity contribution in [3.63, 3.8) is 0 Å². The Kier molecular flexibility index (Phi) is 3.97. The van der Waals surface area contributed by atoms with Crippen LogP contribution in [0.4, 0.5) is 0 Å². The molecule has 0 unspecified atom stereocenters. The van der Waals surface area contributed by atoms with Crippen LogP contribution in [-0.4, -0.2) is 27.3 Å². The van der Waals surface area contributed by atoms with E-state index in [1.807, 2.05) is 12.1 Å². The van der Waals surface area contributed by atoms with E-state index in [1.165, 1.54) is 24.2 Å². The van der Waals surface area contributed by atoms with Gasteiger partial charge in [-0.1, -0.05) is 24.0 Å². The maximum Gasteiger partial charge on any atom is 0.141 e. The highest BCUT2D eigenvalue weighted by atomic mass is 32.2. The second kappa shape index (κ2) is 5.47. The first-order valence-electron chi connectivity index (χ1n) is 5.23. The van der Waals surface area contributed by atoms with Crippen LogP contribution in [0.1, 0.15) is 19.3 Å². The standard InChI is InChI=1S/C11H14N2S2/c14-11(13-8-2-1-3-9-13)15-10-4-6-12-7-5-10/h4-7H,1-3,8-9H2. The molecule has 0 N–H and O–H groups in total. The van der Waals surface area contributed by atoms with E-state index < -0.39 is 0 Å². The Labute approximate surface area is 100 Å². The molecule has 80 valence electrons. The lowest BCUT2D eigenvalue weighted by Gasteiger charge is -2.28. The molecule has 1 saturated heterocycles. The Hall–Kier alpha value is -0.610. The highest BCUT2D eigenvalue weighted by Crippen LogP contribution is 2.23. The van der Waals surface area contributed by atoms with Crippen molar-refractivity contribution in [2.45, 2.75) is 24.2 Å². The molecule has 1 aromatic rings. The smallest absolute Gasteiger partial charge is 0.141 e. The number of thioether (sulfide) groups is 1. The summed E-state index contributed by atoms with van der Waals surface area (Å²) in [7, 11) is 0. The lowest BCUT2D eigenvalue weighted by atomic mass is 10.1. The van der Waals surface area contributed by atoms with Crippen molar-refractivity contribution >= 4 is 28.3 Å². The zero-order valence-electron chi connectivity index (χ0n) is 8.56. The monoisotopic (exact) mass is 238 g/mol. The highest BCUT2D eigenvalue weighted by molar-refractivity contribution is 8.22. The third-order valence-corrected chi connectivity index (χ3v) is 3.92. The van der Waals surface area contributed by atoms with E-state index in [2.05, 4.69) is 9.88 Å². The summed E-state index contributed by atoms with van der Waals surface area (Å²) in [5, 5.41) is 0. The lowest BCUT2D eigenvalue weighted by molar-refractivity contribution is 0.352. The van der Waals surface area contributed by atoms with E-state index in [9.17, 15) is 0 Å². The minimum atomic E-state index is 1.00. The topological polar surface area (TPSA) is 16.1 Å². The number of thiocarbonyl (C=S) groups is 1. The van der Waals surface area contributed by atoms with Gasteiger partial charge < -0.3 is 4.90 Å². The van der Waals surface area contributed by atoms with Gasteiger partial charge in [-0.25, -0.2) is 0 Å². The number of aromatic nitrogens is 1. The Morgan fingerprint density at radius 3 is 2.53 bits per heavy atom. The van der Waals surface area contributed by atoms with E-state index >= 15 is 0 Å². The van der Waals surface area contributed by atoms with Gasteiger partial charge >= 0.3 is 0 Å². The van der Waals surface area contributed by atoms with Crippen LogP contribution in [0.2, 0.25) is 0 Å². The van der Waals surface area contributed by atoms with Crippen molar-refractivity contribution < 1.29 is 0 Å². The predicted octanol–water partition coefficient (Wildman–Crippen LogP) is 2.94. The fraction of sp³-hybridized carbons (Fsp3) is 0.455. The second-order valence-corrected chi connectivity index (χ2v) is 5.31. The number of piperidine rings is 1. The molecule has 0 radical (unpaired) electrons. The molecular formula is C11H14N2S2. The molecule has 0 saturated carbocycles. The van der Waals surface area contributed by atoms with Crippen LogP contribution in [0.3, 0.4) is 0 Å². The minimum Gasteiger partial charge on any atom is -0.357 e. The molecule has 0 bridgehead atoms. The maximum atomic E-state index is 5.42. The number of likely N-dealkylation sites (tertiary alicyclic amines) is 1. The lowest BCUT2D eigenvalue weighted by Crippen LogP contribution is -2.32. The van der Waals surface area contributed by atoms with Gasteiger partial charge in [-0.15, -0.1) is 0 Å². The fourth-order valence-electron chi connectivity index (χ4n) is 1.65. The van der Waals surface area contributed by atoms with Crippen LogP contribution in [0.15, 0.2) is 29.4 Å². The van der Waals surface area contributed by atoms with Gasteiger partial charge in [0.25, 0.3) is 0 Å². The van der Waals surface area contributed by atoms with Gasteiger partial charge in [-0.2, -0.15) is 0 Å². The Morgan fingerprint density at radius 2 is 1.87 bits per heavy atom. The number of rotatable bonds is 1. The van der Waals surface area contributed by atoms with Gasteiger partial charge in [0.2, 0.25) is 0 Å². The molecule has 0 aromatic carbocycles. The number of nitrogens with zero attached hydrogens (tertiary/aromatic N) is 2. The molecule has 2 heterocycles. The van der Waals surface area contributed by atoms with Gasteiger partial charge in [0.15, 0.2) is 0 Å². The molecule has 0 amide bonds. The van der Waals surface area contributed by atoms with E-state index in [1.54, 1.807) is 24.2 Å². The molecule has 2 nitrogen and oxygen atoms in total. The average Bonchev–Trinajstić information content (AvgIpc) is 2.31. The van der Waals surface area contributed by atoms with Crippen molar-refractivity contribution in [3.05, 3.63) is 24.5 Å². The van der Waals surface area contributed by atoms with Gasteiger partial charge in [-0.05, 0) is 31.4 Å². The number of pyridine rings is 1. The summed E-state index contributed by atoms with van der Waals surface area (Å²) in [6, 6.07) is 4.00. The van der Waals surface area contributed by atoms with E-state index in [0.717, 1.165) is 17.4 Å². The van der Waals surface area contributed by atoms with Crippen LogP contribution >= 0.6 is 24.0 Å². The van der Waals surface area contributed by atoms with Gasteiger partial charge in [0, 0.05) is 30.4 Å². The second-order valence-electron chi connectivity index (χ2n) is 3.60. The zero-order chi connectivity index (χ0) is 10.5. The molecular weight excluding hydrogens is 224 g/mol. The van der Waals surface area contributed by atoms with Crippen molar-refractivity contribution in [2.75, 3.05) is 13.1 Å². The van der Waals surface area contributed by atoms with Crippen LogP contribution < -0.4 is 0 Å². The zero-order valence-corrected chi connectivity index (χ0v) is 10.2. The van der Waals surface area contributed by atoms with Crippen LogP contribution in [0, 0.1) is 0 Å². The van der Waals surface area contributed by atoms with E-state index in [-0.39, 0.29) is 0 Å². The average molecular weight is 238 g/mol. The molecule has 15 heavy (non-hydrogen) atoms. The first-order chi connectivity index (χ1) is 7.36. The molecule has 1 fully saturated rings. The fourth-order valence-corrected chi connectivity index (χ4v) is 2.89. The molecule has 0 spiro atoms. The quantitative estimate of drug-likeness (QED) is 0.552. The summed E-state index contributed by atoms with van der Waals surface area (Å²) in [4.78, 5) is 7.49. The van der Waals surface area contributed by atoms with Gasteiger partial charge in [-0.3, -0.25) is 4.98 Å². The summed E-state index contributed by atoms with van der Waals surface area (Å²) in [6.07, 6.45) is 7.51. The molecule has 0 aliphatic carbocycles. The first-order valence-corrected chi connectivity index (χ1v) is 6.45. The van der Waals surface area contributed by atoms with Gasteiger partial charge in [0.1, 0.15) is 4.32 Å². The first kappa shape index (κ1) is 10.9. The SMILES string of the molecule is S=C(Sc1ccncc1)N1CCCCC1. The summed E-state index contributed by atoms with van der Waals surface area (Å²) in [5.74, 6) is 0. The molecule has 1 aromatic heterocycles. The number of hydrogen-bond acceptors (Lipinski definition) is 3. The summed E-state index contributed by atoms with van der Waals surface area (Å²) in [6.45, 7) is 2.24. The van der Waals surface area contributed by atoms with Crippen molar-refractivity contribution in [1.82, 2.24) is 9.88 Å². The van der Waals surface area contributed by atoms with Gasteiger partial charge in [0.05, 0.1) is 0 Å². The molecule has 2 rings (SSSR count). The normalized spacial score (nSPS) is 16.4. The number of hydrogen-bond donors (Lipinski definition) is 0. The van der Waals surface area contributed by atoms with Crippen LogP contribution in [0.25, 0.3) is 0 Å².